The number of hydrogen-bond donors (Lipinski definition) is 2. The van der Waals surface area contributed by atoms with E-state index in [9.17, 15) is 22.8 Å². The van der Waals surface area contributed by atoms with E-state index in [-0.39, 0.29) is 0 Å². The Morgan fingerprint density at radius 3 is 2.37 bits per heavy atom. The highest BCUT2D eigenvalue weighted by Crippen LogP contribution is 2.24. The molecule has 0 aliphatic carbocycles. The minimum atomic E-state index is -4.50. The molecule has 1 heterocycles. The van der Waals surface area contributed by atoms with Crippen molar-refractivity contribution in [3.8, 4) is 11.1 Å². The SMILES string of the molecule is O=C(CNC(=O)c1ccccc1-c1ccc(Cn2cccn2)cc1)NCC(F)(F)F. The summed E-state index contributed by atoms with van der Waals surface area (Å²) in [7, 11) is 0. The van der Waals surface area contributed by atoms with Crippen LogP contribution in [0.2, 0.25) is 0 Å². The van der Waals surface area contributed by atoms with E-state index in [0.717, 1.165) is 11.1 Å². The second kappa shape index (κ2) is 9.25. The Morgan fingerprint density at radius 1 is 0.967 bits per heavy atom. The van der Waals surface area contributed by atoms with Gasteiger partial charge in [0.2, 0.25) is 5.91 Å². The van der Waals surface area contributed by atoms with E-state index >= 15 is 0 Å². The highest BCUT2D eigenvalue weighted by Gasteiger charge is 2.27. The Kier molecular flexibility index (Phi) is 6.51. The fourth-order valence-corrected chi connectivity index (χ4v) is 2.82. The van der Waals surface area contributed by atoms with Crippen LogP contribution >= 0.6 is 0 Å². The highest BCUT2D eigenvalue weighted by atomic mass is 19.4. The first-order valence-electron chi connectivity index (χ1n) is 9.09. The molecule has 3 aromatic rings. The zero-order valence-corrected chi connectivity index (χ0v) is 15.8. The maximum absolute atomic E-state index is 12.5. The molecule has 2 amide bonds. The second-order valence-corrected chi connectivity index (χ2v) is 6.52. The maximum atomic E-state index is 12.5. The summed E-state index contributed by atoms with van der Waals surface area (Å²) in [6.45, 7) is -1.38. The highest BCUT2D eigenvalue weighted by molar-refractivity contribution is 6.02. The Hall–Kier alpha value is -3.62. The molecule has 0 spiro atoms. The van der Waals surface area contributed by atoms with Crippen LogP contribution in [0.1, 0.15) is 15.9 Å². The molecule has 0 bridgehead atoms. The number of nitrogens with zero attached hydrogens (tertiary/aromatic N) is 2. The molecule has 0 aliphatic rings. The number of hydrogen-bond acceptors (Lipinski definition) is 3. The van der Waals surface area contributed by atoms with Crippen molar-refractivity contribution in [2.75, 3.05) is 13.1 Å². The number of amides is 2. The minimum Gasteiger partial charge on any atom is -0.345 e. The van der Waals surface area contributed by atoms with Gasteiger partial charge in [-0.05, 0) is 28.8 Å². The number of carbonyl (C=O) groups is 2. The quantitative estimate of drug-likeness (QED) is 0.622. The zero-order valence-electron chi connectivity index (χ0n) is 15.8. The van der Waals surface area contributed by atoms with Crippen LogP contribution in [0.4, 0.5) is 13.2 Å². The molecule has 0 radical (unpaired) electrons. The summed E-state index contributed by atoms with van der Waals surface area (Å²) in [6, 6.07) is 16.3. The summed E-state index contributed by atoms with van der Waals surface area (Å²) in [5.41, 5.74) is 2.80. The van der Waals surface area contributed by atoms with Crippen molar-refractivity contribution < 1.29 is 22.8 Å². The summed E-state index contributed by atoms with van der Waals surface area (Å²) in [4.78, 5) is 24.0. The number of aromatic nitrogens is 2. The van der Waals surface area contributed by atoms with Crippen LogP contribution < -0.4 is 10.6 Å². The van der Waals surface area contributed by atoms with E-state index in [1.54, 1.807) is 40.5 Å². The van der Waals surface area contributed by atoms with Gasteiger partial charge >= 0.3 is 6.18 Å². The summed E-state index contributed by atoms with van der Waals surface area (Å²) < 4.78 is 38.2. The van der Waals surface area contributed by atoms with Crippen molar-refractivity contribution in [2.24, 2.45) is 0 Å². The molecule has 2 N–H and O–H groups in total. The predicted molar refractivity (Wildman–Crippen MR) is 105 cm³/mol. The van der Waals surface area contributed by atoms with Gasteiger partial charge in [0.15, 0.2) is 0 Å². The lowest BCUT2D eigenvalue weighted by Gasteiger charge is -2.12. The van der Waals surface area contributed by atoms with E-state index in [0.29, 0.717) is 17.7 Å². The van der Waals surface area contributed by atoms with Gasteiger partial charge in [-0.1, -0.05) is 42.5 Å². The summed E-state index contributed by atoms with van der Waals surface area (Å²) in [5.74, 6) is -1.46. The summed E-state index contributed by atoms with van der Waals surface area (Å²) in [6.07, 6.45) is -0.944. The smallest absolute Gasteiger partial charge is 0.345 e. The van der Waals surface area contributed by atoms with Crippen LogP contribution in [0.3, 0.4) is 0 Å². The number of rotatable bonds is 7. The largest absolute Gasteiger partial charge is 0.405 e. The van der Waals surface area contributed by atoms with Gasteiger partial charge < -0.3 is 10.6 Å². The van der Waals surface area contributed by atoms with Crippen molar-refractivity contribution in [3.63, 3.8) is 0 Å². The van der Waals surface area contributed by atoms with Crippen LogP contribution in [0.5, 0.6) is 0 Å². The fourth-order valence-electron chi connectivity index (χ4n) is 2.82. The van der Waals surface area contributed by atoms with Crippen molar-refractivity contribution in [1.29, 1.82) is 0 Å². The molecule has 6 nitrogen and oxygen atoms in total. The molecule has 0 saturated carbocycles. The standard InChI is InChI=1S/C21H19F3N4O2/c22-21(23,24)14-26-19(29)12-25-20(30)18-5-2-1-4-17(18)16-8-6-15(7-9-16)13-28-11-3-10-27-28/h1-11H,12-14H2,(H,25,30)(H,26,29). The summed E-state index contributed by atoms with van der Waals surface area (Å²) in [5, 5.41) is 8.23. The lowest BCUT2D eigenvalue weighted by atomic mass is 9.98. The minimum absolute atomic E-state index is 0.320. The van der Waals surface area contributed by atoms with Crippen LogP contribution in [0.15, 0.2) is 67.0 Å². The number of nitrogens with one attached hydrogen (secondary N) is 2. The summed E-state index contributed by atoms with van der Waals surface area (Å²) >= 11 is 0. The molecule has 0 aliphatic heterocycles. The molecular formula is C21H19F3N4O2. The lowest BCUT2D eigenvalue weighted by molar-refractivity contribution is -0.137. The molecule has 156 valence electrons. The molecule has 0 unspecified atom stereocenters. The first-order valence-corrected chi connectivity index (χ1v) is 9.09. The van der Waals surface area contributed by atoms with Crippen LogP contribution in [-0.4, -0.2) is 40.9 Å². The Morgan fingerprint density at radius 2 is 1.70 bits per heavy atom. The predicted octanol–water partition coefficient (Wildman–Crippen LogP) is 3.01. The number of carbonyl (C=O) groups excluding carboxylic acids is 2. The van der Waals surface area contributed by atoms with Gasteiger partial charge in [-0.2, -0.15) is 18.3 Å². The van der Waals surface area contributed by atoms with Gasteiger partial charge in [0.05, 0.1) is 13.1 Å². The van der Waals surface area contributed by atoms with Crippen molar-refractivity contribution in [1.82, 2.24) is 20.4 Å². The van der Waals surface area contributed by atoms with Gasteiger partial charge in [0.25, 0.3) is 5.91 Å². The Bertz CT molecular complexity index is 1000. The van der Waals surface area contributed by atoms with E-state index < -0.39 is 31.1 Å². The van der Waals surface area contributed by atoms with Gasteiger partial charge in [-0.3, -0.25) is 14.3 Å². The third-order valence-corrected chi connectivity index (χ3v) is 4.24. The van der Waals surface area contributed by atoms with Gasteiger partial charge in [-0.15, -0.1) is 0 Å². The fraction of sp³-hybridized carbons (Fsp3) is 0.190. The molecule has 3 rings (SSSR count). The Balaban J connectivity index is 1.66. The van der Waals surface area contributed by atoms with E-state index in [4.69, 9.17) is 0 Å². The van der Waals surface area contributed by atoms with E-state index in [1.807, 2.05) is 36.5 Å². The second-order valence-electron chi connectivity index (χ2n) is 6.52. The van der Waals surface area contributed by atoms with Crippen molar-refractivity contribution in [2.45, 2.75) is 12.7 Å². The average Bonchev–Trinajstić information content (AvgIpc) is 3.23. The molecule has 30 heavy (non-hydrogen) atoms. The zero-order chi connectivity index (χ0) is 21.6. The normalized spacial score (nSPS) is 11.2. The molecule has 2 aromatic carbocycles. The lowest BCUT2D eigenvalue weighted by Crippen LogP contribution is -2.41. The third kappa shape index (κ3) is 5.94. The molecule has 0 fully saturated rings. The van der Waals surface area contributed by atoms with E-state index in [2.05, 4.69) is 10.4 Å². The maximum Gasteiger partial charge on any atom is 0.405 e. The van der Waals surface area contributed by atoms with Crippen LogP contribution in [0.25, 0.3) is 11.1 Å². The van der Waals surface area contributed by atoms with Crippen molar-refractivity contribution in [3.05, 3.63) is 78.1 Å². The average molecular weight is 416 g/mol. The van der Waals surface area contributed by atoms with Gasteiger partial charge in [0, 0.05) is 18.0 Å². The monoisotopic (exact) mass is 416 g/mol. The van der Waals surface area contributed by atoms with Crippen LogP contribution in [0, 0.1) is 0 Å². The molecule has 9 heteroatoms. The van der Waals surface area contributed by atoms with E-state index in [1.165, 1.54) is 0 Å². The third-order valence-electron chi connectivity index (χ3n) is 4.24. The Labute approximate surface area is 170 Å². The molecule has 0 atom stereocenters. The molecular weight excluding hydrogens is 397 g/mol. The van der Waals surface area contributed by atoms with Gasteiger partial charge in [-0.25, -0.2) is 0 Å². The molecule has 0 saturated heterocycles. The number of benzene rings is 2. The number of halogens is 3. The molecule has 1 aromatic heterocycles. The number of alkyl halides is 3. The van der Waals surface area contributed by atoms with Gasteiger partial charge in [0.1, 0.15) is 6.54 Å². The topological polar surface area (TPSA) is 76.0 Å². The first kappa shape index (κ1) is 21.1. The van der Waals surface area contributed by atoms with Crippen LogP contribution in [-0.2, 0) is 11.3 Å². The van der Waals surface area contributed by atoms with Crippen molar-refractivity contribution >= 4 is 11.8 Å². The first-order chi connectivity index (χ1) is 14.3.